The summed E-state index contributed by atoms with van der Waals surface area (Å²) in [4.78, 5) is 57.2. The Bertz CT molecular complexity index is 846. The van der Waals surface area contributed by atoms with Gasteiger partial charge in [-0.15, -0.1) is 0 Å². The molecule has 0 aromatic carbocycles. The van der Waals surface area contributed by atoms with Gasteiger partial charge in [0.05, 0.1) is 19.5 Å². The average molecular weight is 510 g/mol. The minimum atomic E-state index is -1.43. The van der Waals surface area contributed by atoms with E-state index in [4.69, 9.17) is 15.2 Å². The number of nitrogens with zero attached hydrogens (tertiary/aromatic N) is 2. The van der Waals surface area contributed by atoms with Gasteiger partial charge in [0.25, 0.3) is 0 Å². The molecule has 1 saturated heterocycles. The van der Waals surface area contributed by atoms with Gasteiger partial charge >= 0.3 is 12.1 Å². The zero-order chi connectivity index (χ0) is 27.1. The number of amides is 3. The molecule has 11 heteroatoms. The molecule has 3 amide bonds. The molecule has 0 spiro atoms. The fourth-order valence-electron chi connectivity index (χ4n) is 4.32. The van der Waals surface area contributed by atoms with Crippen molar-refractivity contribution in [2.24, 2.45) is 22.6 Å². The highest BCUT2D eigenvalue weighted by Crippen LogP contribution is 2.35. The fraction of sp³-hybridized carbons (Fsp3) is 0.800. The van der Waals surface area contributed by atoms with Crippen molar-refractivity contribution in [2.75, 3.05) is 26.7 Å². The van der Waals surface area contributed by atoms with Crippen molar-refractivity contribution >= 4 is 29.7 Å². The first kappa shape index (κ1) is 29.4. The monoisotopic (exact) mass is 509 g/mol. The van der Waals surface area contributed by atoms with Crippen molar-refractivity contribution < 1.29 is 28.7 Å². The summed E-state index contributed by atoms with van der Waals surface area (Å²) in [6, 6.07) is -0.776. The number of ether oxygens (including phenoxy) is 2. The van der Waals surface area contributed by atoms with E-state index in [9.17, 15) is 19.2 Å². The Kier molecular flexibility index (Phi) is 10.1. The Morgan fingerprint density at radius 2 is 1.89 bits per heavy atom. The minimum Gasteiger partial charge on any atom is -0.467 e. The molecule has 0 bridgehead atoms. The Balaban J connectivity index is 2.13. The van der Waals surface area contributed by atoms with E-state index >= 15 is 0 Å². The van der Waals surface area contributed by atoms with Crippen LogP contribution in [0.3, 0.4) is 0 Å². The SMILES string of the molecule is COC(=O)C1(NC(=O)OC(C)(C)C)CCN(C(=O)[C@@H](CCCN=C(C)N)NC(=O)[C@H](C)CC2CC2)C1. The number of carbonyl (C=O) groups is 4. The van der Waals surface area contributed by atoms with Crippen molar-refractivity contribution in [3.8, 4) is 0 Å². The van der Waals surface area contributed by atoms with Gasteiger partial charge < -0.3 is 30.7 Å². The summed E-state index contributed by atoms with van der Waals surface area (Å²) < 4.78 is 10.3. The highest BCUT2D eigenvalue weighted by molar-refractivity contribution is 5.91. The summed E-state index contributed by atoms with van der Waals surface area (Å²) >= 11 is 0. The van der Waals surface area contributed by atoms with Gasteiger partial charge in [0.1, 0.15) is 11.6 Å². The summed E-state index contributed by atoms with van der Waals surface area (Å²) in [5.41, 5.74) is 3.42. The van der Waals surface area contributed by atoms with Gasteiger partial charge in [0, 0.05) is 25.4 Å². The van der Waals surface area contributed by atoms with Gasteiger partial charge in [-0.1, -0.05) is 19.8 Å². The second kappa shape index (κ2) is 12.4. The number of aliphatic imine (C=N–C) groups is 1. The first-order valence-electron chi connectivity index (χ1n) is 12.7. The van der Waals surface area contributed by atoms with Crippen LogP contribution in [0.25, 0.3) is 0 Å². The number of methoxy groups -OCH3 is 1. The molecule has 2 rings (SSSR count). The molecule has 1 saturated carbocycles. The number of alkyl carbamates (subject to hydrolysis) is 1. The number of rotatable bonds is 11. The highest BCUT2D eigenvalue weighted by atomic mass is 16.6. The number of nitrogens with one attached hydrogen (secondary N) is 2. The first-order valence-corrected chi connectivity index (χ1v) is 12.7. The van der Waals surface area contributed by atoms with Crippen LogP contribution < -0.4 is 16.4 Å². The number of hydrogen-bond donors (Lipinski definition) is 3. The Morgan fingerprint density at radius 1 is 1.22 bits per heavy atom. The molecule has 36 heavy (non-hydrogen) atoms. The third kappa shape index (κ3) is 8.98. The Morgan fingerprint density at radius 3 is 2.44 bits per heavy atom. The van der Waals surface area contributed by atoms with Crippen LogP contribution in [0, 0.1) is 11.8 Å². The zero-order valence-corrected chi connectivity index (χ0v) is 22.5. The Hall–Kier alpha value is -2.85. The maximum absolute atomic E-state index is 13.5. The number of nitrogens with two attached hydrogens (primary N) is 1. The molecule has 4 N–H and O–H groups in total. The Labute approximate surface area is 213 Å². The van der Waals surface area contributed by atoms with Gasteiger partial charge in [0.15, 0.2) is 5.54 Å². The second-order valence-corrected chi connectivity index (χ2v) is 11.0. The quantitative estimate of drug-likeness (QED) is 0.166. The third-order valence-corrected chi connectivity index (χ3v) is 6.36. The number of hydrogen-bond acceptors (Lipinski definition) is 7. The molecule has 0 aromatic rings. The molecule has 1 unspecified atom stereocenters. The van der Waals surface area contributed by atoms with Crippen LogP contribution in [-0.4, -0.2) is 78.5 Å². The summed E-state index contributed by atoms with van der Waals surface area (Å²) in [6.45, 7) is 9.29. The number of esters is 1. The van der Waals surface area contributed by atoms with Crippen molar-refractivity contribution in [1.29, 1.82) is 0 Å². The molecular weight excluding hydrogens is 466 g/mol. The molecule has 2 fully saturated rings. The van der Waals surface area contributed by atoms with Gasteiger partial charge in [-0.25, -0.2) is 9.59 Å². The summed E-state index contributed by atoms with van der Waals surface area (Å²) in [6.07, 6.45) is 3.41. The van der Waals surface area contributed by atoms with Crippen LogP contribution in [-0.2, 0) is 23.9 Å². The average Bonchev–Trinajstić information content (AvgIpc) is 3.49. The van der Waals surface area contributed by atoms with Crippen molar-refractivity contribution in [2.45, 2.75) is 90.3 Å². The van der Waals surface area contributed by atoms with Crippen LogP contribution in [0.2, 0.25) is 0 Å². The molecule has 2 aliphatic rings. The van der Waals surface area contributed by atoms with Gasteiger partial charge in [-0.05, 0) is 52.9 Å². The van der Waals surface area contributed by atoms with E-state index in [1.165, 1.54) is 12.0 Å². The molecule has 11 nitrogen and oxygen atoms in total. The molecule has 1 aliphatic carbocycles. The molecule has 1 heterocycles. The molecule has 0 radical (unpaired) electrons. The van der Waals surface area contributed by atoms with Gasteiger partial charge in [-0.3, -0.25) is 14.6 Å². The van der Waals surface area contributed by atoms with E-state index in [2.05, 4.69) is 15.6 Å². The predicted molar refractivity (Wildman–Crippen MR) is 135 cm³/mol. The smallest absolute Gasteiger partial charge is 0.408 e. The normalized spacial score (nSPS) is 21.9. The minimum absolute atomic E-state index is 0.0815. The summed E-state index contributed by atoms with van der Waals surface area (Å²) in [7, 11) is 1.23. The predicted octanol–water partition coefficient (Wildman–Crippen LogP) is 1.73. The van der Waals surface area contributed by atoms with Crippen LogP contribution in [0.1, 0.15) is 73.1 Å². The van der Waals surface area contributed by atoms with Gasteiger partial charge in [0.2, 0.25) is 11.8 Å². The molecule has 204 valence electrons. The maximum Gasteiger partial charge on any atom is 0.408 e. The number of likely N-dealkylation sites (tertiary alicyclic amines) is 1. The van der Waals surface area contributed by atoms with E-state index in [0.29, 0.717) is 31.1 Å². The topological polar surface area (TPSA) is 152 Å². The number of carbonyl (C=O) groups excluding carboxylic acids is 4. The van der Waals surface area contributed by atoms with Crippen LogP contribution >= 0.6 is 0 Å². The second-order valence-electron chi connectivity index (χ2n) is 11.0. The lowest BCUT2D eigenvalue weighted by molar-refractivity contribution is -0.148. The maximum atomic E-state index is 13.5. The van der Waals surface area contributed by atoms with Gasteiger partial charge in [-0.2, -0.15) is 0 Å². The standard InChI is InChI=1S/C25H43N5O6/c1-16(14-18-9-10-18)20(31)28-19(8-7-12-27-17(2)26)21(32)30-13-11-25(15-30,22(33)35-6)29-23(34)36-24(3,4)5/h16,18-19H,7-15H2,1-6H3,(H2,26,27)(H,28,31)(H,29,34)/t16-,19-,25?/m1/s1. The zero-order valence-electron chi connectivity index (χ0n) is 22.5. The van der Waals surface area contributed by atoms with Crippen LogP contribution in [0.5, 0.6) is 0 Å². The lowest BCUT2D eigenvalue weighted by Gasteiger charge is -2.30. The fourth-order valence-corrected chi connectivity index (χ4v) is 4.32. The molecule has 1 aliphatic heterocycles. The molecular formula is C25H43N5O6. The highest BCUT2D eigenvalue weighted by Gasteiger charge is 2.50. The van der Waals surface area contributed by atoms with E-state index in [1.807, 2.05) is 6.92 Å². The third-order valence-electron chi connectivity index (χ3n) is 6.36. The van der Waals surface area contributed by atoms with Crippen molar-refractivity contribution in [1.82, 2.24) is 15.5 Å². The summed E-state index contributed by atoms with van der Waals surface area (Å²) in [5, 5.41) is 5.55. The lowest BCUT2D eigenvalue weighted by Crippen LogP contribution is -2.58. The van der Waals surface area contributed by atoms with Crippen LogP contribution in [0.4, 0.5) is 4.79 Å². The summed E-state index contributed by atoms with van der Waals surface area (Å²) in [5.74, 6) is -0.291. The van der Waals surface area contributed by atoms with E-state index in [0.717, 1.165) is 19.3 Å². The van der Waals surface area contributed by atoms with Crippen LogP contribution in [0.15, 0.2) is 4.99 Å². The molecule has 0 aromatic heterocycles. The lowest BCUT2D eigenvalue weighted by atomic mass is 9.99. The van der Waals surface area contributed by atoms with Crippen molar-refractivity contribution in [3.63, 3.8) is 0 Å². The van der Waals surface area contributed by atoms with E-state index in [1.54, 1.807) is 27.7 Å². The largest absolute Gasteiger partial charge is 0.467 e. The van der Waals surface area contributed by atoms with Crippen molar-refractivity contribution in [3.05, 3.63) is 0 Å². The first-order chi connectivity index (χ1) is 16.8. The van der Waals surface area contributed by atoms with E-state index in [-0.39, 0.29) is 37.2 Å². The van der Waals surface area contributed by atoms with E-state index < -0.39 is 29.2 Å². The number of amidine groups is 1. The molecule has 3 atom stereocenters.